The van der Waals surface area contributed by atoms with Gasteiger partial charge < -0.3 is 10.2 Å². The third kappa shape index (κ3) is 5.04. The SMILES string of the molecule is [B]C1([B])/C(=C/C=C2\CCC[C@]3(C)[C@@H]([C@H](C)CCCC(C)(C)O)CC[C@@H]23)C(=C)CC[C@]1([B])O. The summed E-state index contributed by atoms with van der Waals surface area (Å²) >= 11 is 0. The van der Waals surface area contributed by atoms with Crippen molar-refractivity contribution < 1.29 is 10.2 Å². The van der Waals surface area contributed by atoms with Crippen LogP contribution < -0.4 is 0 Å². The van der Waals surface area contributed by atoms with Gasteiger partial charge in [0.2, 0.25) is 0 Å². The Kier molecular flexibility index (Phi) is 7.44. The molecule has 0 saturated heterocycles. The molecule has 170 valence electrons. The maximum atomic E-state index is 10.5. The molecule has 3 aliphatic carbocycles. The second kappa shape index (κ2) is 9.18. The van der Waals surface area contributed by atoms with Gasteiger partial charge in [0.25, 0.3) is 0 Å². The molecule has 0 unspecified atom stereocenters. The molecule has 0 aromatic rings. The van der Waals surface area contributed by atoms with Crippen molar-refractivity contribution in [3.8, 4) is 0 Å². The molecule has 6 radical (unpaired) electrons. The Morgan fingerprint density at radius 1 is 1.16 bits per heavy atom. The van der Waals surface area contributed by atoms with Gasteiger partial charge in [-0.2, -0.15) is 0 Å². The van der Waals surface area contributed by atoms with Crippen LogP contribution in [0.4, 0.5) is 0 Å². The summed E-state index contributed by atoms with van der Waals surface area (Å²) in [5.74, 6) is 1.96. The highest BCUT2D eigenvalue weighted by Gasteiger charge is 2.50. The van der Waals surface area contributed by atoms with Gasteiger partial charge in [0, 0.05) is 5.50 Å². The van der Waals surface area contributed by atoms with Crippen LogP contribution in [0.1, 0.15) is 91.9 Å². The van der Waals surface area contributed by atoms with Crippen LogP contribution in [0.25, 0.3) is 0 Å². The molecular weight excluding hydrogens is 389 g/mol. The largest absolute Gasteiger partial charge is 0.400 e. The van der Waals surface area contributed by atoms with Gasteiger partial charge in [-0.05, 0) is 88.4 Å². The van der Waals surface area contributed by atoms with Crippen molar-refractivity contribution in [3.05, 3.63) is 35.5 Å². The summed E-state index contributed by atoms with van der Waals surface area (Å²) < 4.78 is 0. The fraction of sp³-hybridized carbons (Fsp3) is 0.778. The van der Waals surface area contributed by atoms with Crippen LogP contribution in [-0.2, 0) is 0 Å². The van der Waals surface area contributed by atoms with Gasteiger partial charge in [0.1, 0.15) is 7.85 Å². The summed E-state index contributed by atoms with van der Waals surface area (Å²) in [5, 5.41) is 19.1. The second-order valence-corrected chi connectivity index (χ2v) is 12.0. The van der Waals surface area contributed by atoms with Gasteiger partial charge in [-0.1, -0.05) is 67.4 Å². The molecule has 3 aliphatic rings. The minimum atomic E-state index is -1.63. The van der Waals surface area contributed by atoms with E-state index in [9.17, 15) is 10.2 Å². The zero-order valence-corrected chi connectivity index (χ0v) is 20.8. The Morgan fingerprint density at radius 3 is 2.50 bits per heavy atom. The van der Waals surface area contributed by atoms with Crippen molar-refractivity contribution in [2.24, 2.45) is 23.2 Å². The molecule has 5 atom stereocenters. The Balaban J connectivity index is 1.78. The van der Waals surface area contributed by atoms with Crippen molar-refractivity contribution in [3.63, 3.8) is 0 Å². The zero-order chi connectivity index (χ0) is 23.9. The smallest absolute Gasteiger partial charge is 0.112 e. The Hall–Kier alpha value is -0.665. The van der Waals surface area contributed by atoms with E-state index in [4.69, 9.17) is 23.5 Å². The summed E-state index contributed by atoms with van der Waals surface area (Å²) in [5.41, 5.74) is 1.13. The lowest BCUT2D eigenvalue weighted by Gasteiger charge is -2.49. The lowest BCUT2D eigenvalue weighted by Crippen LogP contribution is -2.48. The topological polar surface area (TPSA) is 40.5 Å². The minimum absolute atomic E-state index is 0.317. The summed E-state index contributed by atoms with van der Waals surface area (Å²) in [6.45, 7) is 12.9. The Bertz CT molecular complexity index is 774. The van der Waals surface area contributed by atoms with Crippen molar-refractivity contribution >= 4 is 23.5 Å². The Morgan fingerprint density at radius 2 is 1.84 bits per heavy atom. The van der Waals surface area contributed by atoms with Crippen LogP contribution in [0.15, 0.2) is 35.5 Å². The Labute approximate surface area is 200 Å². The number of hydrogen-bond donors (Lipinski definition) is 2. The van der Waals surface area contributed by atoms with Crippen LogP contribution in [-0.4, -0.2) is 44.9 Å². The number of rotatable bonds is 6. The van der Waals surface area contributed by atoms with Crippen LogP contribution in [0.2, 0.25) is 5.21 Å². The van der Waals surface area contributed by atoms with Gasteiger partial charge in [-0.25, -0.2) is 0 Å². The van der Waals surface area contributed by atoms with Crippen molar-refractivity contribution in [1.29, 1.82) is 0 Å². The maximum absolute atomic E-state index is 10.5. The summed E-state index contributed by atoms with van der Waals surface area (Å²) in [6.07, 6.45) is 14.3. The predicted molar refractivity (Wildman–Crippen MR) is 137 cm³/mol. The van der Waals surface area contributed by atoms with E-state index in [1.54, 1.807) is 0 Å². The van der Waals surface area contributed by atoms with Crippen molar-refractivity contribution in [1.82, 2.24) is 0 Å². The molecule has 2 N–H and O–H groups in total. The van der Waals surface area contributed by atoms with Crippen LogP contribution >= 0.6 is 0 Å². The normalized spacial score (nSPS) is 38.8. The highest BCUT2D eigenvalue weighted by molar-refractivity contribution is 6.47. The van der Waals surface area contributed by atoms with Gasteiger partial charge in [-0.3, -0.25) is 0 Å². The number of aliphatic hydroxyl groups is 2. The second-order valence-electron chi connectivity index (χ2n) is 12.0. The molecule has 2 nitrogen and oxygen atoms in total. The summed E-state index contributed by atoms with van der Waals surface area (Å²) in [7, 11) is 18.6. The number of allylic oxidation sites excluding steroid dienone is 4. The first-order valence-corrected chi connectivity index (χ1v) is 12.6. The van der Waals surface area contributed by atoms with Crippen molar-refractivity contribution in [2.45, 2.75) is 108 Å². The molecule has 3 fully saturated rings. The lowest BCUT2D eigenvalue weighted by atomic mass is 9.35. The quantitative estimate of drug-likeness (QED) is 0.563. The molecule has 0 aromatic carbocycles. The predicted octanol–water partition coefficient (Wildman–Crippen LogP) is 5.29. The van der Waals surface area contributed by atoms with E-state index in [0.717, 1.165) is 24.8 Å². The minimum Gasteiger partial charge on any atom is -0.400 e. The van der Waals surface area contributed by atoms with E-state index in [1.807, 2.05) is 19.9 Å². The standard InChI is InChI=1S/C27H41B3O2/c1-18(8-6-15-24(3,4)31)21-12-13-23-20(9-7-16-25(21,23)5)10-11-22-19(2)14-17-26(28,32)27(22,29)30/h10-11,18,21,23,31-32H,2,6-9,12-17H2,1,3-5H3/b20-10+,22-11+/t18-,21-,23+,25-,26+/m1/s1. The fourth-order valence-electron chi connectivity index (χ4n) is 6.93. The zero-order valence-electron chi connectivity index (χ0n) is 20.8. The number of hydrogen-bond acceptors (Lipinski definition) is 2. The first-order valence-electron chi connectivity index (χ1n) is 12.6. The van der Waals surface area contributed by atoms with E-state index < -0.39 is 16.3 Å². The first-order chi connectivity index (χ1) is 14.7. The van der Waals surface area contributed by atoms with E-state index in [-0.39, 0.29) is 0 Å². The van der Waals surface area contributed by atoms with Gasteiger partial charge >= 0.3 is 0 Å². The van der Waals surface area contributed by atoms with Crippen LogP contribution in [0.3, 0.4) is 0 Å². The molecule has 5 heteroatoms. The summed E-state index contributed by atoms with van der Waals surface area (Å²) in [4.78, 5) is 0. The average Bonchev–Trinajstić information content (AvgIpc) is 3.02. The first kappa shape index (κ1) is 25.9. The average molecular weight is 430 g/mol. The third-order valence-corrected chi connectivity index (χ3v) is 8.99. The van der Waals surface area contributed by atoms with Gasteiger partial charge in [-0.15, -0.1) is 0 Å². The molecule has 0 heterocycles. The maximum Gasteiger partial charge on any atom is 0.112 e. The number of fused-ring (bicyclic) bond motifs is 1. The third-order valence-electron chi connectivity index (χ3n) is 8.99. The summed E-state index contributed by atoms with van der Waals surface area (Å²) in [6, 6.07) is 0. The van der Waals surface area contributed by atoms with E-state index in [0.29, 0.717) is 41.6 Å². The monoisotopic (exact) mass is 430 g/mol. The van der Waals surface area contributed by atoms with Crippen LogP contribution in [0, 0.1) is 23.2 Å². The molecule has 3 saturated carbocycles. The highest BCUT2D eigenvalue weighted by Crippen LogP contribution is 2.60. The molecule has 0 spiro atoms. The van der Waals surface area contributed by atoms with Crippen LogP contribution in [0.5, 0.6) is 0 Å². The highest BCUT2D eigenvalue weighted by atomic mass is 16.3. The molecule has 0 bridgehead atoms. The van der Waals surface area contributed by atoms with Gasteiger partial charge in [0.05, 0.1) is 21.3 Å². The van der Waals surface area contributed by atoms with Gasteiger partial charge in [0.15, 0.2) is 0 Å². The molecule has 3 rings (SSSR count). The van der Waals surface area contributed by atoms with E-state index in [2.05, 4.69) is 26.5 Å². The van der Waals surface area contributed by atoms with E-state index in [1.165, 1.54) is 37.7 Å². The molecule has 0 amide bonds. The molecule has 0 aromatic heterocycles. The van der Waals surface area contributed by atoms with E-state index >= 15 is 0 Å². The molecule has 32 heavy (non-hydrogen) atoms. The van der Waals surface area contributed by atoms with Crippen molar-refractivity contribution in [2.75, 3.05) is 0 Å². The molecular formula is C27H41B3O2. The fourth-order valence-corrected chi connectivity index (χ4v) is 6.93. The lowest BCUT2D eigenvalue weighted by molar-refractivity contribution is 0.0596. The molecule has 0 aliphatic heterocycles.